The highest BCUT2D eigenvalue weighted by molar-refractivity contribution is 5.85. The second-order valence-electron chi connectivity index (χ2n) is 4.07. The number of rotatable bonds is 5. The Morgan fingerprint density at radius 1 is 1.22 bits per heavy atom. The number of likely N-dealkylation sites (N-methyl/N-ethyl adjacent to an activating group) is 1. The number of amides is 1. The summed E-state index contributed by atoms with van der Waals surface area (Å²) in [5.74, 6) is 0.0478. The molecule has 0 aliphatic rings. The number of nitrogens with zero attached hydrogens (tertiary/aromatic N) is 1. The summed E-state index contributed by atoms with van der Waals surface area (Å²) in [4.78, 5) is 13.5. The smallest absolute Gasteiger partial charge is 0.224 e. The first kappa shape index (κ1) is 19.4. The molecule has 0 radical (unpaired) electrons. The molecule has 104 valence electrons. The lowest BCUT2D eigenvalue weighted by Crippen LogP contribution is -2.32. The van der Waals surface area contributed by atoms with E-state index in [-0.39, 0.29) is 30.7 Å². The molecule has 0 heterocycles. The van der Waals surface area contributed by atoms with Gasteiger partial charge in [-0.15, -0.1) is 24.8 Å². The Balaban J connectivity index is 0. The minimum absolute atomic E-state index is 0. The zero-order valence-electron chi connectivity index (χ0n) is 10.7. The Morgan fingerprint density at radius 2 is 1.78 bits per heavy atom. The van der Waals surface area contributed by atoms with Crippen LogP contribution in [0.25, 0.3) is 0 Å². The monoisotopic (exact) mass is 293 g/mol. The number of nitrogens with two attached hydrogens (primary N) is 1. The van der Waals surface area contributed by atoms with Crippen LogP contribution in [0.3, 0.4) is 0 Å². The number of hydrogen-bond acceptors (Lipinski definition) is 3. The number of nitrogen functional groups attached to an aromatic ring is 1. The second-order valence-corrected chi connectivity index (χ2v) is 4.07. The number of halogens is 2. The molecule has 0 aliphatic heterocycles. The van der Waals surface area contributed by atoms with Gasteiger partial charge in [-0.25, -0.2) is 0 Å². The molecule has 18 heavy (non-hydrogen) atoms. The predicted molar refractivity (Wildman–Crippen MR) is 80.6 cm³/mol. The van der Waals surface area contributed by atoms with E-state index in [0.717, 1.165) is 17.8 Å². The lowest BCUT2D eigenvalue weighted by Gasteiger charge is -2.10. The van der Waals surface area contributed by atoms with Gasteiger partial charge >= 0.3 is 0 Å². The third-order valence-corrected chi connectivity index (χ3v) is 2.23. The average molecular weight is 294 g/mol. The van der Waals surface area contributed by atoms with Crippen molar-refractivity contribution in [3.05, 3.63) is 29.8 Å². The number of benzene rings is 1. The summed E-state index contributed by atoms with van der Waals surface area (Å²) in [5, 5.41) is 2.87. The van der Waals surface area contributed by atoms with Crippen LogP contribution in [0.15, 0.2) is 24.3 Å². The van der Waals surface area contributed by atoms with E-state index in [2.05, 4.69) is 5.32 Å². The van der Waals surface area contributed by atoms with Crippen molar-refractivity contribution in [2.24, 2.45) is 0 Å². The van der Waals surface area contributed by atoms with Gasteiger partial charge in [0.05, 0.1) is 6.42 Å². The second kappa shape index (κ2) is 10.00. The van der Waals surface area contributed by atoms with E-state index < -0.39 is 0 Å². The minimum atomic E-state index is 0. The number of hydrogen-bond donors (Lipinski definition) is 2. The van der Waals surface area contributed by atoms with Gasteiger partial charge in [0.2, 0.25) is 5.91 Å². The Kier molecular flexibility index (Phi) is 10.8. The van der Waals surface area contributed by atoms with Crippen molar-refractivity contribution in [3.8, 4) is 0 Å². The lowest BCUT2D eigenvalue weighted by atomic mass is 10.1. The highest BCUT2D eigenvalue weighted by Gasteiger charge is 2.02. The van der Waals surface area contributed by atoms with Gasteiger partial charge in [0.15, 0.2) is 0 Å². The first-order valence-corrected chi connectivity index (χ1v) is 5.34. The quantitative estimate of drug-likeness (QED) is 0.806. The zero-order valence-corrected chi connectivity index (χ0v) is 12.3. The minimum Gasteiger partial charge on any atom is -0.399 e. The average Bonchev–Trinajstić information content (AvgIpc) is 2.21. The van der Waals surface area contributed by atoms with Crippen LogP contribution in [-0.4, -0.2) is 38.0 Å². The van der Waals surface area contributed by atoms with Gasteiger partial charge in [0, 0.05) is 18.8 Å². The van der Waals surface area contributed by atoms with Gasteiger partial charge < -0.3 is 16.0 Å². The van der Waals surface area contributed by atoms with Gasteiger partial charge in [0.25, 0.3) is 0 Å². The highest BCUT2D eigenvalue weighted by atomic mass is 35.5. The van der Waals surface area contributed by atoms with Crippen LogP contribution < -0.4 is 11.1 Å². The molecular weight excluding hydrogens is 273 g/mol. The fourth-order valence-corrected chi connectivity index (χ4v) is 1.30. The Bertz CT molecular complexity index is 342. The molecule has 0 saturated carbocycles. The van der Waals surface area contributed by atoms with Crippen LogP contribution in [0.5, 0.6) is 0 Å². The number of nitrogens with one attached hydrogen (secondary N) is 1. The summed E-state index contributed by atoms with van der Waals surface area (Å²) in [6.07, 6.45) is 0.410. The number of carbonyl (C=O) groups is 1. The first-order valence-electron chi connectivity index (χ1n) is 5.34. The van der Waals surface area contributed by atoms with Crippen LogP contribution in [-0.2, 0) is 11.2 Å². The van der Waals surface area contributed by atoms with E-state index in [0.29, 0.717) is 13.0 Å². The van der Waals surface area contributed by atoms with Crippen LogP contribution in [0.4, 0.5) is 5.69 Å². The molecule has 0 atom stereocenters. The summed E-state index contributed by atoms with van der Waals surface area (Å²) in [7, 11) is 3.96. The SMILES string of the molecule is CN(C)CCNC(=O)Cc1ccc(N)cc1.Cl.Cl. The highest BCUT2D eigenvalue weighted by Crippen LogP contribution is 2.05. The molecule has 0 aromatic heterocycles. The molecule has 0 fully saturated rings. The molecule has 4 nitrogen and oxygen atoms in total. The van der Waals surface area contributed by atoms with Crippen molar-refractivity contribution < 1.29 is 4.79 Å². The maximum Gasteiger partial charge on any atom is 0.224 e. The Hall–Kier alpha value is -0.970. The molecule has 0 saturated heterocycles. The predicted octanol–water partition coefficient (Wildman–Crippen LogP) is 1.33. The lowest BCUT2D eigenvalue weighted by molar-refractivity contribution is -0.120. The third kappa shape index (κ3) is 8.17. The summed E-state index contributed by atoms with van der Waals surface area (Å²) in [5.41, 5.74) is 7.27. The molecule has 1 amide bonds. The standard InChI is InChI=1S/C12H19N3O.2ClH/c1-15(2)8-7-14-12(16)9-10-3-5-11(13)6-4-10;;/h3-6H,7-9,13H2,1-2H3,(H,14,16);2*1H. The van der Waals surface area contributed by atoms with Crippen molar-refractivity contribution in [1.82, 2.24) is 10.2 Å². The van der Waals surface area contributed by atoms with Crippen LogP contribution in [0, 0.1) is 0 Å². The normalized spacial score (nSPS) is 9.28. The van der Waals surface area contributed by atoms with Gasteiger partial charge in [-0.3, -0.25) is 4.79 Å². The molecule has 1 aromatic carbocycles. The maximum atomic E-state index is 11.5. The van der Waals surface area contributed by atoms with Crippen molar-refractivity contribution in [3.63, 3.8) is 0 Å². The van der Waals surface area contributed by atoms with Gasteiger partial charge in [0.1, 0.15) is 0 Å². The van der Waals surface area contributed by atoms with E-state index in [1.54, 1.807) is 0 Å². The fourth-order valence-electron chi connectivity index (χ4n) is 1.30. The van der Waals surface area contributed by atoms with E-state index in [1.807, 2.05) is 43.3 Å². The third-order valence-electron chi connectivity index (χ3n) is 2.23. The molecular formula is C12H21Cl2N3O. The summed E-state index contributed by atoms with van der Waals surface area (Å²) in [6.45, 7) is 1.54. The molecule has 0 spiro atoms. The van der Waals surface area contributed by atoms with Crippen LogP contribution >= 0.6 is 24.8 Å². The van der Waals surface area contributed by atoms with Crippen molar-refractivity contribution in [2.45, 2.75) is 6.42 Å². The summed E-state index contributed by atoms with van der Waals surface area (Å²) < 4.78 is 0. The molecule has 0 unspecified atom stereocenters. The summed E-state index contributed by atoms with van der Waals surface area (Å²) in [6, 6.07) is 7.37. The van der Waals surface area contributed by atoms with Gasteiger partial charge in [-0.2, -0.15) is 0 Å². The van der Waals surface area contributed by atoms with Crippen molar-refractivity contribution in [1.29, 1.82) is 0 Å². The summed E-state index contributed by atoms with van der Waals surface area (Å²) >= 11 is 0. The Labute approximate surface area is 121 Å². The van der Waals surface area contributed by atoms with E-state index in [1.165, 1.54) is 0 Å². The largest absolute Gasteiger partial charge is 0.399 e. The Morgan fingerprint density at radius 3 is 2.28 bits per heavy atom. The molecule has 0 aliphatic carbocycles. The van der Waals surface area contributed by atoms with Crippen molar-refractivity contribution in [2.75, 3.05) is 32.9 Å². The molecule has 3 N–H and O–H groups in total. The van der Waals surface area contributed by atoms with Gasteiger partial charge in [-0.1, -0.05) is 12.1 Å². The molecule has 0 bridgehead atoms. The number of carbonyl (C=O) groups excluding carboxylic acids is 1. The van der Waals surface area contributed by atoms with Crippen LogP contribution in [0.1, 0.15) is 5.56 Å². The fraction of sp³-hybridized carbons (Fsp3) is 0.417. The van der Waals surface area contributed by atoms with Crippen LogP contribution in [0.2, 0.25) is 0 Å². The first-order chi connectivity index (χ1) is 7.58. The maximum absolute atomic E-state index is 11.5. The van der Waals surface area contributed by atoms with E-state index in [4.69, 9.17) is 5.73 Å². The topological polar surface area (TPSA) is 58.4 Å². The molecule has 1 rings (SSSR count). The van der Waals surface area contributed by atoms with Crippen molar-refractivity contribution >= 4 is 36.4 Å². The zero-order chi connectivity index (χ0) is 12.0. The van der Waals surface area contributed by atoms with E-state index in [9.17, 15) is 4.79 Å². The number of anilines is 1. The van der Waals surface area contributed by atoms with Gasteiger partial charge in [-0.05, 0) is 31.8 Å². The molecule has 6 heteroatoms. The molecule has 1 aromatic rings. The van der Waals surface area contributed by atoms with E-state index >= 15 is 0 Å².